The number of halogens is 1. The Kier molecular flexibility index (Phi) is 3.83. The molecule has 2 aromatic rings. The molecule has 1 N–H and O–H groups in total. The lowest BCUT2D eigenvalue weighted by molar-refractivity contribution is -0.384. The Labute approximate surface area is 124 Å². The number of nitro groups is 1. The van der Waals surface area contributed by atoms with Gasteiger partial charge >= 0.3 is 11.4 Å². The van der Waals surface area contributed by atoms with Gasteiger partial charge in [0, 0.05) is 12.1 Å². The number of benzene rings is 1. The SMILES string of the molecule is O=C(CI)n1[nH]c(=O)n(-c2ccc([N+](=O)[O-])cc2)c1=O. The van der Waals surface area contributed by atoms with E-state index in [1.807, 2.05) is 0 Å². The smallest absolute Gasteiger partial charge is 0.272 e. The van der Waals surface area contributed by atoms with E-state index < -0.39 is 22.2 Å². The lowest BCUT2D eigenvalue weighted by Crippen LogP contribution is -2.30. The lowest BCUT2D eigenvalue weighted by atomic mass is 10.3. The van der Waals surface area contributed by atoms with Gasteiger partial charge in [-0.15, -0.1) is 0 Å². The zero-order valence-corrected chi connectivity index (χ0v) is 11.9. The number of rotatable bonds is 3. The van der Waals surface area contributed by atoms with Crippen molar-refractivity contribution < 1.29 is 9.72 Å². The molecule has 0 atom stereocenters. The van der Waals surface area contributed by atoms with E-state index in [1.54, 1.807) is 22.6 Å². The summed E-state index contributed by atoms with van der Waals surface area (Å²) in [5.41, 5.74) is -1.66. The van der Waals surface area contributed by atoms with Crippen molar-refractivity contribution in [1.29, 1.82) is 0 Å². The first-order valence-corrected chi connectivity index (χ1v) is 6.76. The van der Waals surface area contributed by atoms with Gasteiger partial charge in [0.25, 0.3) is 11.6 Å². The number of non-ortho nitro benzene ring substituents is 1. The first-order valence-electron chi connectivity index (χ1n) is 5.23. The van der Waals surface area contributed by atoms with Gasteiger partial charge in [0.2, 0.25) is 0 Å². The number of aromatic nitrogens is 3. The third kappa shape index (κ3) is 2.41. The summed E-state index contributed by atoms with van der Waals surface area (Å²) < 4.78 is 1.36. The van der Waals surface area contributed by atoms with E-state index in [2.05, 4.69) is 5.10 Å². The maximum atomic E-state index is 11.9. The summed E-state index contributed by atoms with van der Waals surface area (Å²) in [5, 5.41) is 12.7. The molecule has 1 aromatic carbocycles. The van der Waals surface area contributed by atoms with Crippen molar-refractivity contribution in [3.8, 4) is 5.69 Å². The zero-order chi connectivity index (χ0) is 14.9. The topological polar surface area (TPSA) is 120 Å². The molecule has 0 fully saturated rings. The predicted molar refractivity (Wildman–Crippen MR) is 76.8 cm³/mol. The number of nitrogens with zero attached hydrogens (tertiary/aromatic N) is 3. The van der Waals surface area contributed by atoms with E-state index in [0.717, 1.165) is 4.57 Å². The summed E-state index contributed by atoms with van der Waals surface area (Å²) in [6.07, 6.45) is 0. The molecule has 0 saturated heterocycles. The lowest BCUT2D eigenvalue weighted by Gasteiger charge is -1.98. The van der Waals surface area contributed by atoms with Crippen LogP contribution in [0, 0.1) is 10.1 Å². The van der Waals surface area contributed by atoms with Gasteiger partial charge in [0.05, 0.1) is 15.0 Å². The van der Waals surface area contributed by atoms with Crippen LogP contribution >= 0.6 is 22.6 Å². The molecular formula is C10H7IN4O5. The normalized spacial score (nSPS) is 10.4. The standard InChI is InChI=1S/C10H7IN4O5/c11-5-8(16)14-10(18)13(9(17)12-14)6-1-3-7(4-2-6)15(19)20/h1-4H,5H2,(H,12,17). The summed E-state index contributed by atoms with van der Waals surface area (Å²) in [6, 6.07) is 4.85. The molecule has 0 bridgehead atoms. The predicted octanol–water partition coefficient (Wildman–Crippen LogP) is 0.311. The number of H-pyrrole nitrogens is 1. The van der Waals surface area contributed by atoms with Crippen LogP contribution in [-0.4, -0.2) is 29.6 Å². The first-order chi connectivity index (χ1) is 9.45. The molecule has 0 aliphatic heterocycles. The van der Waals surface area contributed by atoms with E-state index in [0.29, 0.717) is 4.68 Å². The fourth-order valence-electron chi connectivity index (χ4n) is 1.56. The van der Waals surface area contributed by atoms with Crippen molar-refractivity contribution >= 4 is 34.2 Å². The Morgan fingerprint density at radius 1 is 1.30 bits per heavy atom. The monoisotopic (exact) mass is 390 g/mol. The highest BCUT2D eigenvalue weighted by Gasteiger charge is 2.16. The second kappa shape index (κ2) is 5.40. The van der Waals surface area contributed by atoms with Gasteiger partial charge in [0.1, 0.15) is 0 Å². The van der Waals surface area contributed by atoms with Crippen LogP contribution in [0.4, 0.5) is 5.69 Å². The molecule has 0 radical (unpaired) electrons. The Morgan fingerprint density at radius 2 is 1.90 bits per heavy atom. The molecule has 0 unspecified atom stereocenters. The summed E-state index contributed by atoms with van der Waals surface area (Å²) in [5.74, 6) is -0.562. The van der Waals surface area contributed by atoms with E-state index in [1.165, 1.54) is 24.3 Å². The maximum absolute atomic E-state index is 11.9. The number of nitrogens with one attached hydrogen (secondary N) is 1. The van der Waals surface area contributed by atoms with Gasteiger partial charge in [-0.05, 0) is 12.1 Å². The number of alkyl halides is 1. The van der Waals surface area contributed by atoms with E-state index >= 15 is 0 Å². The second-order valence-electron chi connectivity index (χ2n) is 3.67. The quantitative estimate of drug-likeness (QED) is 0.350. The van der Waals surface area contributed by atoms with Crippen molar-refractivity contribution in [3.05, 3.63) is 55.3 Å². The fraction of sp³-hybridized carbons (Fsp3) is 0.100. The van der Waals surface area contributed by atoms with E-state index in [-0.39, 0.29) is 15.8 Å². The summed E-state index contributed by atoms with van der Waals surface area (Å²) in [6.45, 7) is 0. The van der Waals surface area contributed by atoms with Crippen molar-refractivity contribution in [2.45, 2.75) is 0 Å². The van der Waals surface area contributed by atoms with Crippen LogP contribution in [0.3, 0.4) is 0 Å². The molecule has 0 saturated carbocycles. The highest BCUT2D eigenvalue weighted by Crippen LogP contribution is 2.12. The Bertz CT molecular complexity index is 785. The fourth-order valence-corrected chi connectivity index (χ4v) is 1.90. The molecule has 2 rings (SSSR count). The van der Waals surface area contributed by atoms with Gasteiger partial charge < -0.3 is 0 Å². The van der Waals surface area contributed by atoms with Crippen molar-refractivity contribution in [2.24, 2.45) is 0 Å². The molecule has 0 aliphatic rings. The molecule has 0 aliphatic carbocycles. The van der Waals surface area contributed by atoms with Crippen molar-refractivity contribution in [3.63, 3.8) is 0 Å². The van der Waals surface area contributed by atoms with Crippen LogP contribution in [0.5, 0.6) is 0 Å². The number of nitro benzene ring substituents is 1. The van der Waals surface area contributed by atoms with Gasteiger partial charge in [-0.1, -0.05) is 22.6 Å². The van der Waals surface area contributed by atoms with Crippen molar-refractivity contribution in [2.75, 3.05) is 4.43 Å². The Morgan fingerprint density at radius 3 is 2.40 bits per heavy atom. The largest absolute Gasteiger partial charge is 0.358 e. The number of aromatic amines is 1. The molecule has 20 heavy (non-hydrogen) atoms. The molecule has 1 heterocycles. The molecule has 1 aromatic heterocycles. The average molecular weight is 390 g/mol. The number of hydrogen-bond donors (Lipinski definition) is 1. The number of carbonyl (C=O) groups is 1. The minimum Gasteiger partial charge on any atom is -0.272 e. The number of carbonyl (C=O) groups excluding carboxylic acids is 1. The van der Waals surface area contributed by atoms with Crippen LogP contribution < -0.4 is 11.4 Å². The van der Waals surface area contributed by atoms with Crippen molar-refractivity contribution in [1.82, 2.24) is 14.3 Å². The minimum atomic E-state index is -0.842. The summed E-state index contributed by atoms with van der Waals surface area (Å²) in [7, 11) is 0. The average Bonchev–Trinajstić information content (AvgIpc) is 2.73. The van der Waals surface area contributed by atoms with Gasteiger partial charge in [-0.25, -0.2) is 19.3 Å². The Balaban J connectivity index is 2.56. The highest BCUT2D eigenvalue weighted by atomic mass is 127. The number of hydrogen-bond acceptors (Lipinski definition) is 5. The highest BCUT2D eigenvalue weighted by molar-refractivity contribution is 14.1. The third-order valence-corrected chi connectivity index (χ3v) is 3.13. The van der Waals surface area contributed by atoms with Gasteiger partial charge in [-0.3, -0.25) is 14.9 Å². The van der Waals surface area contributed by atoms with Gasteiger partial charge in [0.15, 0.2) is 0 Å². The molecule has 0 amide bonds. The van der Waals surface area contributed by atoms with Crippen LogP contribution in [0.15, 0.2) is 33.9 Å². The third-order valence-electron chi connectivity index (χ3n) is 2.48. The summed E-state index contributed by atoms with van der Waals surface area (Å²) in [4.78, 5) is 45.0. The van der Waals surface area contributed by atoms with Crippen LogP contribution in [-0.2, 0) is 0 Å². The van der Waals surface area contributed by atoms with E-state index in [9.17, 15) is 24.5 Å². The minimum absolute atomic E-state index is 0.0257. The molecule has 0 spiro atoms. The van der Waals surface area contributed by atoms with Crippen LogP contribution in [0.25, 0.3) is 5.69 Å². The molecule has 9 nitrogen and oxygen atoms in total. The van der Waals surface area contributed by atoms with E-state index in [4.69, 9.17) is 0 Å². The molecule has 10 heteroatoms. The Hall–Kier alpha value is -2.24. The van der Waals surface area contributed by atoms with Crippen LogP contribution in [0.1, 0.15) is 4.79 Å². The van der Waals surface area contributed by atoms with Crippen LogP contribution in [0.2, 0.25) is 0 Å². The van der Waals surface area contributed by atoms with Gasteiger partial charge in [-0.2, -0.15) is 4.68 Å². The molecule has 104 valence electrons. The molecular weight excluding hydrogens is 383 g/mol. The zero-order valence-electron chi connectivity index (χ0n) is 9.78. The summed E-state index contributed by atoms with van der Waals surface area (Å²) >= 11 is 1.77. The maximum Gasteiger partial charge on any atom is 0.358 e. The first kappa shape index (κ1) is 14.2. The second-order valence-corrected chi connectivity index (χ2v) is 4.43.